The first-order valence-corrected chi connectivity index (χ1v) is 5.27. The molecule has 14 heavy (non-hydrogen) atoms. The van der Waals surface area contributed by atoms with E-state index in [0.29, 0.717) is 11.8 Å². The van der Waals surface area contributed by atoms with Crippen LogP contribution < -0.4 is 5.32 Å². The molecule has 1 aromatic rings. The van der Waals surface area contributed by atoms with Crippen molar-refractivity contribution in [2.24, 2.45) is 0 Å². The standard InChI is InChI=1S/C12H19NO/c1-3-11(4-2)13-9-10-5-7-12(14)8-6-10/h5-8,11,13-14H,3-4,9H2,1-2H3. The molecule has 0 unspecified atom stereocenters. The summed E-state index contributed by atoms with van der Waals surface area (Å²) < 4.78 is 0. The molecule has 0 fully saturated rings. The largest absolute Gasteiger partial charge is 0.508 e. The Kier molecular flexibility index (Phi) is 4.47. The van der Waals surface area contributed by atoms with E-state index in [0.717, 1.165) is 19.4 Å². The number of nitrogens with one attached hydrogen (secondary N) is 1. The van der Waals surface area contributed by atoms with Crippen molar-refractivity contribution in [2.75, 3.05) is 0 Å². The van der Waals surface area contributed by atoms with Crippen LogP contribution in [0.15, 0.2) is 24.3 Å². The van der Waals surface area contributed by atoms with Crippen molar-refractivity contribution in [1.29, 1.82) is 0 Å². The smallest absolute Gasteiger partial charge is 0.115 e. The maximum atomic E-state index is 9.11. The average Bonchev–Trinajstić information content (AvgIpc) is 2.22. The quantitative estimate of drug-likeness (QED) is 0.753. The van der Waals surface area contributed by atoms with Crippen LogP contribution in [0.3, 0.4) is 0 Å². The van der Waals surface area contributed by atoms with Gasteiger partial charge in [0.2, 0.25) is 0 Å². The third-order valence-electron chi connectivity index (χ3n) is 2.52. The summed E-state index contributed by atoms with van der Waals surface area (Å²) in [4.78, 5) is 0. The van der Waals surface area contributed by atoms with Crippen molar-refractivity contribution in [3.8, 4) is 5.75 Å². The SMILES string of the molecule is CCC(CC)NCc1ccc(O)cc1. The van der Waals surface area contributed by atoms with Gasteiger partial charge < -0.3 is 10.4 Å². The Balaban J connectivity index is 2.41. The van der Waals surface area contributed by atoms with Crippen molar-refractivity contribution in [3.05, 3.63) is 29.8 Å². The van der Waals surface area contributed by atoms with Crippen LogP contribution in [-0.4, -0.2) is 11.1 Å². The molecular weight excluding hydrogens is 174 g/mol. The number of rotatable bonds is 5. The first-order valence-electron chi connectivity index (χ1n) is 5.27. The lowest BCUT2D eigenvalue weighted by Gasteiger charge is -2.14. The van der Waals surface area contributed by atoms with Gasteiger partial charge in [0.05, 0.1) is 0 Å². The molecule has 0 saturated heterocycles. The molecule has 0 amide bonds. The molecule has 0 radical (unpaired) electrons. The summed E-state index contributed by atoms with van der Waals surface area (Å²) >= 11 is 0. The van der Waals surface area contributed by atoms with Gasteiger partial charge in [0.25, 0.3) is 0 Å². The zero-order chi connectivity index (χ0) is 10.4. The molecule has 0 aliphatic rings. The Morgan fingerprint density at radius 1 is 1.14 bits per heavy atom. The van der Waals surface area contributed by atoms with E-state index in [1.807, 2.05) is 12.1 Å². The number of hydrogen-bond acceptors (Lipinski definition) is 2. The summed E-state index contributed by atoms with van der Waals surface area (Å²) in [5, 5.41) is 12.6. The van der Waals surface area contributed by atoms with Gasteiger partial charge in [0, 0.05) is 12.6 Å². The highest BCUT2D eigenvalue weighted by Crippen LogP contribution is 2.09. The van der Waals surface area contributed by atoms with E-state index in [1.54, 1.807) is 12.1 Å². The molecule has 0 atom stereocenters. The Morgan fingerprint density at radius 3 is 2.21 bits per heavy atom. The van der Waals surface area contributed by atoms with E-state index < -0.39 is 0 Å². The summed E-state index contributed by atoms with van der Waals surface area (Å²) in [7, 11) is 0. The lowest BCUT2D eigenvalue weighted by Crippen LogP contribution is -2.26. The summed E-state index contributed by atoms with van der Waals surface area (Å²) in [6.07, 6.45) is 2.32. The van der Waals surface area contributed by atoms with Crippen molar-refractivity contribution in [3.63, 3.8) is 0 Å². The highest BCUT2D eigenvalue weighted by Gasteiger charge is 2.01. The predicted octanol–water partition coefficient (Wildman–Crippen LogP) is 2.67. The van der Waals surface area contributed by atoms with Crippen molar-refractivity contribution in [2.45, 2.75) is 39.3 Å². The van der Waals surface area contributed by atoms with Crippen LogP contribution in [0.4, 0.5) is 0 Å². The molecule has 78 valence electrons. The molecule has 2 N–H and O–H groups in total. The van der Waals surface area contributed by atoms with Crippen LogP contribution in [0, 0.1) is 0 Å². The highest BCUT2D eigenvalue weighted by atomic mass is 16.3. The molecule has 0 aromatic heterocycles. The fourth-order valence-electron chi connectivity index (χ4n) is 1.45. The average molecular weight is 193 g/mol. The number of hydrogen-bond donors (Lipinski definition) is 2. The maximum absolute atomic E-state index is 9.11. The molecule has 0 spiro atoms. The number of aromatic hydroxyl groups is 1. The molecule has 0 heterocycles. The maximum Gasteiger partial charge on any atom is 0.115 e. The van der Waals surface area contributed by atoms with Crippen LogP contribution in [0.1, 0.15) is 32.3 Å². The van der Waals surface area contributed by atoms with Crippen LogP contribution in [0.25, 0.3) is 0 Å². The molecule has 1 aromatic carbocycles. The summed E-state index contributed by atoms with van der Waals surface area (Å²) in [6, 6.07) is 7.95. The van der Waals surface area contributed by atoms with Gasteiger partial charge >= 0.3 is 0 Å². The van der Waals surface area contributed by atoms with Gasteiger partial charge in [-0.15, -0.1) is 0 Å². The van der Waals surface area contributed by atoms with E-state index in [2.05, 4.69) is 19.2 Å². The molecule has 0 aliphatic carbocycles. The fraction of sp³-hybridized carbons (Fsp3) is 0.500. The molecule has 1 rings (SSSR count). The summed E-state index contributed by atoms with van der Waals surface area (Å²) in [5.74, 6) is 0.330. The van der Waals surface area contributed by atoms with Gasteiger partial charge in [-0.25, -0.2) is 0 Å². The van der Waals surface area contributed by atoms with E-state index in [9.17, 15) is 0 Å². The first-order chi connectivity index (χ1) is 6.76. The molecular formula is C12H19NO. The minimum atomic E-state index is 0.330. The van der Waals surface area contributed by atoms with Crippen LogP contribution >= 0.6 is 0 Å². The minimum Gasteiger partial charge on any atom is -0.508 e. The Hall–Kier alpha value is -1.02. The van der Waals surface area contributed by atoms with E-state index in [4.69, 9.17) is 5.11 Å². The zero-order valence-electron chi connectivity index (χ0n) is 8.96. The van der Waals surface area contributed by atoms with Crippen molar-refractivity contribution < 1.29 is 5.11 Å². The van der Waals surface area contributed by atoms with Gasteiger partial charge in [0.15, 0.2) is 0 Å². The van der Waals surface area contributed by atoms with Crippen molar-refractivity contribution in [1.82, 2.24) is 5.32 Å². The van der Waals surface area contributed by atoms with Crippen LogP contribution in [0.2, 0.25) is 0 Å². The topological polar surface area (TPSA) is 32.3 Å². The van der Waals surface area contributed by atoms with E-state index in [-0.39, 0.29) is 0 Å². The number of phenols is 1. The third-order valence-corrected chi connectivity index (χ3v) is 2.52. The van der Waals surface area contributed by atoms with E-state index >= 15 is 0 Å². The third kappa shape index (κ3) is 3.38. The van der Waals surface area contributed by atoms with Gasteiger partial charge in [-0.3, -0.25) is 0 Å². The summed E-state index contributed by atoms with van der Waals surface area (Å²) in [5.41, 5.74) is 1.22. The lowest BCUT2D eigenvalue weighted by atomic mass is 10.1. The molecule has 0 aliphatic heterocycles. The Labute approximate surface area is 86.0 Å². The number of phenolic OH excluding ortho intramolecular Hbond substituents is 1. The second-order valence-electron chi connectivity index (χ2n) is 3.56. The Bertz CT molecular complexity index is 252. The normalized spacial score (nSPS) is 10.8. The monoisotopic (exact) mass is 193 g/mol. The van der Waals surface area contributed by atoms with Gasteiger partial charge in [0.1, 0.15) is 5.75 Å². The molecule has 0 bridgehead atoms. The number of benzene rings is 1. The zero-order valence-corrected chi connectivity index (χ0v) is 8.96. The Morgan fingerprint density at radius 2 is 1.71 bits per heavy atom. The van der Waals surface area contributed by atoms with Gasteiger partial charge in [-0.05, 0) is 30.5 Å². The minimum absolute atomic E-state index is 0.330. The molecule has 0 saturated carbocycles. The molecule has 2 heteroatoms. The summed E-state index contributed by atoms with van der Waals surface area (Å²) in [6.45, 7) is 5.27. The van der Waals surface area contributed by atoms with Gasteiger partial charge in [-0.2, -0.15) is 0 Å². The second-order valence-corrected chi connectivity index (χ2v) is 3.56. The lowest BCUT2D eigenvalue weighted by molar-refractivity contribution is 0.472. The predicted molar refractivity (Wildman–Crippen MR) is 59.3 cm³/mol. The fourth-order valence-corrected chi connectivity index (χ4v) is 1.45. The highest BCUT2D eigenvalue weighted by molar-refractivity contribution is 5.25. The van der Waals surface area contributed by atoms with Gasteiger partial charge in [-0.1, -0.05) is 26.0 Å². The second kappa shape index (κ2) is 5.66. The molecule has 2 nitrogen and oxygen atoms in total. The van der Waals surface area contributed by atoms with Crippen LogP contribution in [-0.2, 0) is 6.54 Å². The van der Waals surface area contributed by atoms with Crippen molar-refractivity contribution >= 4 is 0 Å². The first kappa shape index (κ1) is 11.1. The van der Waals surface area contributed by atoms with Crippen LogP contribution in [0.5, 0.6) is 5.75 Å². The van der Waals surface area contributed by atoms with E-state index in [1.165, 1.54) is 5.56 Å².